The van der Waals surface area contributed by atoms with Crippen LogP contribution >= 0.6 is 7.60 Å². The number of hydrogen-bond acceptors (Lipinski definition) is 10. The minimum absolute atomic E-state index is 0.0671. The summed E-state index contributed by atoms with van der Waals surface area (Å²) < 4.78 is 38.8. The zero-order chi connectivity index (χ0) is 34.3. The Hall–Kier alpha value is -2.82. The van der Waals surface area contributed by atoms with Gasteiger partial charge in [0, 0.05) is 6.61 Å². The summed E-state index contributed by atoms with van der Waals surface area (Å²) in [5.41, 5.74) is 13.6. The van der Waals surface area contributed by atoms with Crippen molar-refractivity contribution in [1.82, 2.24) is 19.5 Å². The van der Waals surface area contributed by atoms with Crippen LogP contribution in [0.25, 0.3) is 11.2 Å². The first-order chi connectivity index (χ1) is 23.4. The number of unbranched alkanes of at least 4 members (excludes halogenated alkanes) is 12. The van der Waals surface area contributed by atoms with Crippen molar-refractivity contribution in [2.45, 2.75) is 123 Å². The SMILES string of the molecule is CCCCCCCC/C=C/CCCCCCCCOCCOP(=O)(CO[C@H](C)Cn1cnc2c(N)nc(N)nc21)OCc1ccccc1. The lowest BCUT2D eigenvalue weighted by molar-refractivity contribution is 0.0530. The summed E-state index contributed by atoms with van der Waals surface area (Å²) >= 11 is 0. The van der Waals surface area contributed by atoms with E-state index in [4.69, 9.17) is 30.0 Å². The van der Waals surface area contributed by atoms with Crippen LogP contribution in [0.15, 0.2) is 48.8 Å². The molecule has 11 nitrogen and oxygen atoms in total. The Morgan fingerprint density at radius 1 is 0.833 bits per heavy atom. The molecule has 0 fully saturated rings. The van der Waals surface area contributed by atoms with E-state index in [2.05, 4.69) is 34.0 Å². The normalized spacial score (nSPS) is 13.8. The van der Waals surface area contributed by atoms with Gasteiger partial charge in [-0.1, -0.05) is 107 Å². The van der Waals surface area contributed by atoms with Crippen molar-refractivity contribution in [2.75, 3.05) is 37.6 Å². The Morgan fingerprint density at radius 2 is 1.50 bits per heavy atom. The van der Waals surface area contributed by atoms with Crippen LogP contribution in [-0.2, 0) is 36.2 Å². The molecule has 0 amide bonds. The smallest absolute Gasteiger partial charge is 0.356 e. The van der Waals surface area contributed by atoms with Crippen LogP contribution in [0.2, 0.25) is 0 Å². The number of nitrogens with zero attached hydrogens (tertiary/aromatic N) is 4. The molecule has 0 spiro atoms. The molecule has 12 heteroatoms. The van der Waals surface area contributed by atoms with E-state index in [-0.39, 0.29) is 37.4 Å². The van der Waals surface area contributed by atoms with Gasteiger partial charge >= 0.3 is 7.60 Å². The summed E-state index contributed by atoms with van der Waals surface area (Å²) in [7, 11) is -3.58. The molecule has 0 aliphatic rings. The standard InChI is InChI=1S/C36H59N6O5P/c1-3-4-5-6-7-8-9-10-11-12-13-14-15-16-17-21-24-44-25-26-46-48(43,47-28-32-22-19-18-20-23-32)30-45-31(2)27-42-29-39-33-34(37)40-36(38)41-35(33)42/h10-11,18-20,22-23,29,31H,3-9,12-17,21,24-28,30H2,1-2H3,(H4,37,38,40,41)/b11-10+/t31-,48?/m1/s1. The predicted octanol–water partition coefficient (Wildman–Crippen LogP) is 8.83. The van der Waals surface area contributed by atoms with E-state index in [0.29, 0.717) is 30.9 Å². The Kier molecular flexibility index (Phi) is 19.4. The van der Waals surface area contributed by atoms with Crippen LogP contribution in [-0.4, -0.2) is 51.8 Å². The molecule has 268 valence electrons. The van der Waals surface area contributed by atoms with Crippen molar-refractivity contribution >= 4 is 30.5 Å². The van der Waals surface area contributed by atoms with Gasteiger partial charge in [0.05, 0.1) is 38.8 Å². The van der Waals surface area contributed by atoms with Gasteiger partial charge in [-0.25, -0.2) is 4.98 Å². The second-order valence-corrected chi connectivity index (χ2v) is 14.4. The maximum absolute atomic E-state index is 13.7. The van der Waals surface area contributed by atoms with Gasteiger partial charge in [0.2, 0.25) is 5.95 Å². The van der Waals surface area contributed by atoms with E-state index in [1.165, 1.54) is 77.0 Å². The number of nitrogens with two attached hydrogens (primary N) is 2. The van der Waals surface area contributed by atoms with Gasteiger partial charge in [0.25, 0.3) is 0 Å². The molecular weight excluding hydrogens is 627 g/mol. The molecule has 4 N–H and O–H groups in total. The summed E-state index contributed by atoms with van der Waals surface area (Å²) in [6.07, 6.45) is 23.6. The zero-order valence-corrected chi connectivity index (χ0v) is 30.2. The van der Waals surface area contributed by atoms with Gasteiger partial charge in [0.15, 0.2) is 11.5 Å². The lowest BCUT2D eigenvalue weighted by atomic mass is 10.1. The zero-order valence-electron chi connectivity index (χ0n) is 29.3. The Morgan fingerprint density at radius 3 is 2.21 bits per heavy atom. The topological polar surface area (TPSA) is 150 Å². The predicted molar refractivity (Wildman–Crippen MR) is 195 cm³/mol. The highest BCUT2D eigenvalue weighted by molar-refractivity contribution is 7.53. The minimum atomic E-state index is -3.58. The lowest BCUT2D eigenvalue weighted by Crippen LogP contribution is -2.19. The average molecular weight is 687 g/mol. The number of aromatic nitrogens is 4. The van der Waals surface area contributed by atoms with E-state index in [1.807, 2.05) is 37.3 Å². The van der Waals surface area contributed by atoms with E-state index in [9.17, 15) is 4.57 Å². The highest BCUT2D eigenvalue weighted by Crippen LogP contribution is 2.49. The van der Waals surface area contributed by atoms with E-state index < -0.39 is 7.60 Å². The highest BCUT2D eigenvalue weighted by atomic mass is 31.2. The molecule has 2 aromatic heterocycles. The molecule has 0 saturated heterocycles. The first kappa shape index (κ1) is 39.6. The van der Waals surface area contributed by atoms with Crippen molar-refractivity contribution in [3.05, 3.63) is 54.4 Å². The maximum atomic E-state index is 13.7. The maximum Gasteiger partial charge on any atom is 0.356 e. The van der Waals surface area contributed by atoms with Crippen molar-refractivity contribution in [3.63, 3.8) is 0 Å². The third kappa shape index (κ3) is 16.1. The van der Waals surface area contributed by atoms with Crippen LogP contribution in [0.4, 0.5) is 11.8 Å². The molecule has 2 heterocycles. The average Bonchev–Trinajstić information content (AvgIpc) is 3.48. The lowest BCUT2D eigenvalue weighted by Gasteiger charge is -2.21. The molecule has 3 aromatic rings. The number of fused-ring (bicyclic) bond motifs is 1. The molecule has 0 saturated carbocycles. The molecule has 1 aromatic carbocycles. The quantitative estimate of drug-likeness (QED) is 0.0431. The molecule has 0 bridgehead atoms. The third-order valence-corrected chi connectivity index (χ3v) is 9.63. The largest absolute Gasteiger partial charge is 0.382 e. The first-order valence-corrected chi connectivity index (χ1v) is 19.6. The molecule has 1 unspecified atom stereocenters. The Bertz CT molecular complexity index is 1360. The summed E-state index contributed by atoms with van der Waals surface area (Å²) in [6, 6.07) is 9.56. The number of benzene rings is 1. The number of anilines is 2. The van der Waals surface area contributed by atoms with Crippen molar-refractivity contribution in [2.24, 2.45) is 0 Å². The molecule has 0 aliphatic carbocycles. The minimum Gasteiger partial charge on any atom is -0.382 e. The van der Waals surface area contributed by atoms with Gasteiger partial charge in [-0.3, -0.25) is 4.57 Å². The molecule has 0 radical (unpaired) electrons. The number of imidazole rings is 1. The van der Waals surface area contributed by atoms with Crippen LogP contribution in [0, 0.1) is 0 Å². The summed E-state index contributed by atoms with van der Waals surface area (Å²) in [4.78, 5) is 12.5. The number of nitrogen functional groups attached to an aromatic ring is 2. The second-order valence-electron chi connectivity index (χ2n) is 12.4. The van der Waals surface area contributed by atoms with E-state index in [0.717, 1.165) is 18.4 Å². The number of rotatable bonds is 28. The fraction of sp³-hybridized carbons (Fsp3) is 0.639. The van der Waals surface area contributed by atoms with Crippen LogP contribution < -0.4 is 11.5 Å². The summed E-state index contributed by atoms with van der Waals surface area (Å²) in [5.74, 6) is 0.282. The molecule has 2 atom stereocenters. The van der Waals surface area contributed by atoms with Crippen molar-refractivity contribution < 1.29 is 23.1 Å². The van der Waals surface area contributed by atoms with Crippen LogP contribution in [0.5, 0.6) is 0 Å². The van der Waals surface area contributed by atoms with Crippen LogP contribution in [0.3, 0.4) is 0 Å². The number of ether oxygens (including phenoxy) is 2. The van der Waals surface area contributed by atoms with Gasteiger partial charge in [-0.2, -0.15) is 9.97 Å². The second kappa shape index (κ2) is 23.5. The number of allylic oxidation sites excluding steroid dienone is 2. The first-order valence-electron chi connectivity index (χ1n) is 17.9. The summed E-state index contributed by atoms with van der Waals surface area (Å²) in [6.45, 7) is 5.80. The van der Waals surface area contributed by atoms with Gasteiger partial charge < -0.3 is 34.6 Å². The van der Waals surface area contributed by atoms with Crippen LogP contribution in [0.1, 0.15) is 109 Å². The highest BCUT2D eigenvalue weighted by Gasteiger charge is 2.27. The molecule has 3 rings (SSSR count). The monoisotopic (exact) mass is 686 g/mol. The number of hydrogen-bond donors (Lipinski definition) is 2. The molecular formula is C36H59N6O5P. The summed E-state index contributed by atoms with van der Waals surface area (Å²) in [5, 5.41) is 0. The van der Waals surface area contributed by atoms with Crippen molar-refractivity contribution in [1.29, 1.82) is 0 Å². The van der Waals surface area contributed by atoms with Gasteiger partial charge in [-0.05, 0) is 44.6 Å². The molecule has 0 aliphatic heterocycles. The van der Waals surface area contributed by atoms with Gasteiger partial charge in [0.1, 0.15) is 11.9 Å². The fourth-order valence-corrected chi connectivity index (χ4v) is 6.67. The van der Waals surface area contributed by atoms with Crippen molar-refractivity contribution in [3.8, 4) is 0 Å². The van der Waals surface area contributed by atoms with E-state index >= 15 is 0 Å². The molecule has 48 heavy (non-hydrogen) atoms. The van der Waals surface area contributed by atoms with Gasteiger partial charge in [-0.15, -0.1) is 0 Å². The Labute approximate surface area is 287 Å². The fourth-order valence-electron chi connectivity index (χ4n) is 5.31. The Balaban J connectivity index is 1.28. The van der Waals surface area contributed by atoms with E-state index in [1.54, 1.807) is 10.9 Å². The third-order valence-electron chi connectivity index (χ3n) is 8.07.